The van der Waals surface area contributed by atoms with Gasteiger partial charge in [0.25, 0.3) is 0 Å². The minimum atomic E-state index is -0.395. The van der Waals surface area contributed by atoms with E-state index in [1.54, 1.807) is 19.2 Å². The highest BCUT2D eigenvalue weighted by Crippen LogP contribution is 2.38. The van der Waals surface area contributed by atoms with E-state index in [1.165, 1.54) is 25.4 Å². The number of anilines is 1. The zero-order chi connectivity index (χ0) is 19.8. The summed E-state index contributed by atoms with van der Waals surface area (Å²) in [4.78, 5) is 29.6. The second kappa shape index (κ2) is 6.95. The van der Waals surface area contributed by atoms with Crippen LogP contribution in [0.1, 0.15) is 39.6 Å². The third-order valence-electron chi connectivity index (χ3n) is 4.89. The molecule has 0 aliphatic heterocycles. The number of ketones is 1. The van der Waals surface area contributed by atoms with Gasteiger partial charge in [0, 0.05) is 12.0 Å². The van der Waals surface area contributed by atoms with Crippen LogP contribution < -0.4 is 10.5 Å². The molecule has 1 unspecified atom stereocenters. The summed E-state index contributed by atoms with van der Waals surface area (Å²) in [6, 6.07) is 4.47. The van der Waals surface area contributed by atoms with Crippen molar-refractivity contribution >= 4 is 11.7 Å². The highest BCUT2D eigenvalue weighted by atomic mass is 19.1. The standard InChI is InChI=1S/C20H18FN5O2/c1-10-19-15(26-20(22)24-10)5-11(6-17(19)27)13-4-3-12(21)7-14(13)16-8-23-9-18(25-16)28-2/h3-4,7-9,11H,5-6H2,1-2H3,(H2,22,24,26). The summed E-state index contributed by atoms with van der Waals surface area (Å²) in [5.74, 6) is -0.155. The van der Waals surface area contributed by atoms with E-state index in [0.717, 1.165) is 5.56 Å². The van der Waals surface area contributed by atoms with Gasteiger partial charge in [-0.3, -0.25) is 9.78 Å². The van der Waals surface area contributed by atoms with Gasteiger partial charge in [0.2, 0.25) is 11.8 Å². The predicted octanol–water partition coefficient (Wildman–Crippen LogP) is 2.88. The largest absolute Gasteiger partial charge is 0.480 e. The lowest BCUT2D eigenvalue weighted by molar-refractivity contribution is 0.0962. The third-order valence-corrected chi connectivity index (χ3v) is 4.89. The molecule has 0 saturated carbocycles. The summed E-state index contributed by atoms with van der Waals surface area (Å²) in [5.41, 5.74) is 9.37. The highest BCUT2D eigenvalue weighted by Gasteiger charge is 2.31. The Kier molecular flexibility index (Phi) is 4.46. The van der Waals surface area contributed by atoms with Crippen molar-refractivity contribution < 1.29 is 13.9 Å². The van der Waals surface area contributed by atoms with Gasteiger partial charge in [-0.1, -0.05) is 6.07 Å². The van der Waals surface area contributed by atoms with Crippen molar-refractivity contribution in [3.63, 3.8) is 0 Å². The molecule has 7 nitrogen and oxygen atoms in total. The number of carbonyl (C=O) groups is 1. The normalized spacial score (nSPS) is 16.0. The molecule has 2 aromatic heterocycles. The van der Waals surface area contributed by atoms with E-state index in [2.05, 4.69) is 19.9 Å². The van der Waals surface area contributed by atoms with E-state index < -0.39 is 5.82 Å². The maximum absolute atomic E-state index is 14.0. The number of rotatable bonds is 3. The second-order valence-electron chi connectivity index (χ2n) is 6.70. The van der Waals surface area contributed by atoms with Crippen LogP contribution in [0.4, 0.5) is 10.3 Å². The van der Waals surface area contributed by atoms with Crippen LogP contribution in [-0.4, -0.2) is 32.8 Å². The van der Waals surface area contributed by atoms with E-state index in [0.29, 0.717) is 40.5 Å². The summed E-state index contributed by atoms with van der Waals surface area (Å²) >= 11 is 0. The molecule has 0 bridgehead atoms. The first-order valence-electron chi connectivity index (χ1n) is 8.78. The topological polar surface area (TPSA) is 104 Å². The summed E-state index contributed by atoms with van der Waals surface area (Å²) in [6.07, 6.45) is 3.80. The van der Waals surface area contributed by atoms with Crippen LogP contribution in [0.3, 0.4) is 0 Å². The first-order valence-corrected chi connectivity index (χ1v) is 8.78. The number of hydrogen-bond acceptors (Lipinski definition) is 7. The van der Waals surface area contributed by atoms with Crippen molar-refractivity contribution in [3.8, 4) is 17.1 Å². The van der Waals surface area contributed by atoms with Crippen molar-refractivity contribution in [2.45, 2.75) is 25.7 Å². The monoisotopic (exact) mass is 379 g/mol. The second-order valence-corrected chi connectivity index (χ2v) is 6.70. The number of halogens is 1. The Hall–Kier alpha value is -3.42. The number of nitrogens with zero attached hydrogens (tertiary/aromatic N) is 4. The van der Waals surface area contributed by atoms with Crippen molar-refractivity contribution in [2.24, 2.45) is 0 Å². The van der Waals surface area contributed by atoms with E-state index in [-0.39, 0.29) is 24.1 Å². The van der Waals surface area contributed by atoms with Gasteiger partial charge >= 0.3 is 0 Å². The van der Waals surface area contributed by atoms with Gasteiger partial charge in [0.1, 0.15) is 5.82 Å². The number of Topliss-reactive ketones (excluding diaryl/α,β-unsaturated/α-hetero) is 1. The molecule has 2 N–H and O–H groups in total. The van der Waals surface area contributed by atoms with Crippen LogP contribution in [0, 0.1) is 12.7 Å². The first kappa shape index (κ1) is 18.0. The number of hydrogen-bond donors (Lipinski definition) is 1. The molecule has 1 aliphatic rings. The smallest absolute Gasteiger partial charge is 0.232 e. The van der Waals surface area contributed by atoms with Crippen LogP contribution >= 0.6 is 0 Å². The molecule has 3 aromatic rings. The Morgan fingerprint density at radius 1 is 1.18 bits per heavy atom. The minimum Gasteiger partial charge on any atom is -0.480 e. The molecule has 0 radical (unpaired) electrons. The van der Waals surface area contributed by atoms with Crippen LogP contribution in [0.2, 0.25) is 0 Å². The molecule has 0 amide bonds. The minimum absolute atomic E-state index is 0.0456. The van der Waals surface area contributed by atoms with Gasteiger partial charge in [-0.05, 0) is 37.0 Å². The molecule has 2 heterocycles. The number of benzene rings is 1. The first-order chi connectivity index (χ1) is 13.5. The summed E-state index contributed by atoms with van der Waals surface area (Å²) in [6.45, 7) is 1.75. The molecule has 1 aromatic carbocycles. The molecule has 4 rings (SSSR count). The van der Waals surface area contributed by atoms with Crippen LogP contribution in [0.15, 0.2) is 30.6 Å². The number of methoxy groups -OCH3 is 1. The lowest BCUT2D eigenvalue weighted by atomic mass is 9.79. The lowest BCUT2D eigenvalue weighted by Crippen LogP contribution is -2.23. The molecule has 142 valence electrons. The Labute approximate surface area is 160 Å². The molecule has 8 heteroatoms. The fourth-order valence-electron chi connectivity index (χ4n) is 3.70. The van der Waals surface area contributed by atoms with Crippen LogP contribution in [-0.2, 0) is 6.42 Å². The fourth-order valence-corrected chi connectivity index (χ4v) is 3.70. The van der Waals surface area contributed by atoms with Crippen molar-refractivity contribution in [3.05, 3.63) is 58.9 Å². The maximum atomic E-state index is 14.0. The van der Waals surface area contributed by atoms with E-state index >= 15 is 0 Å². The molecule has 1 aliphatic carbocycles. The number of aromatic nitrogens is 4. The van der Waals surface area contributed by atoms with Gasteiger partial charge in [-0.2, -0.15) is 0 Å². The van der Waals surface area contributed by atoms with Gasteiger partial charge in [-0.25, -0.2) is 19.3 Å². The summed E-state index contributed by atoms with van der Waals surface area (Å²) in [7, 11) is 1.49. The Morgan fingerprint density at radius 3 is 2.79 bits per heavy atom. The summed E-state index contributed by atoms with van der Waals surface area (Å²) < 4.78 is 19.1. The molecule has 0 spiro atoms. The average molecular weight is 379 g/mol. The molecule has 28 heavy (non-hydrogen) atoms. The van der Waals surface area contributed by atoms with Crippen molar-refractivity contribution in [2.75, 3.05) is 12.8 Å². The van der Waals surface area contributed by atoms with Crippen LogP contribution in [0.25, 0.3) is 11.3 Å². The number of aryl methyl sites for hydroxylation is 1. The van der Waals surface area contributed by atoms with E-state index in [4.69, 9.17) is 10.5 Å². The average Bonchev–Trinajstić information content (AvgIpc) is 2.67. The van der Waals surface area contributed by atoms with Gasteiger partial charge in [-0.15, -0.1) is 0 Å². The van der Waals surface area contributed by atoms with E-state index in [9.17, 15) is 9.18 Å². The van der Waals surface area contributed by atoms with E-state index in [1.807, 2.05) is 0 Å². The number of nitrogen functional groups attached to an aromatic ring is 1. The van der Waals surface area contributed by atoms with Gasteiger partial charge in [0.05, 0.1) is 42.1 Å². The Balaban J connectivity index is 1.81. The third kappa shape index (κ3) is 3.17. The van der Waals surface area contributed by atoms with Gasteiger partial charge in [0.15, 0.2) is 5.78 Å². The SMILES string of the molecule is COc1cncc(-c2cc(F)ccc2C2CC(=O)c3c(C)nc(N)nc3C2)n1. The number of ether oxygens (including phenoxy) is 1. The quantitative estimate of drug-likeness (QED) is 0.746. The van der Waals surface area contributed by atoms with Gasteiger partial charge < -0.3 is 10.5 Å². The molecule has 0 saturated heterocycles. The molecular formula is C20H18FN5O2. The number of fused-ring (bicyclic) bond motifs is 1. The number of nitrogens with two attached hydrogens (primary N) is 1. The predicted molar refractivity (Wildman–Crippen MR) is 101 cm³/mol. The zero-order valence-corrected chi connectivity index (χ0v) is 15.4. The Bertz CT molecular complexity index is 1090. The maximum Gasteiger partial charge on any atom is 0.232 e. The van der Waals surface area contributed by atoms with Crippen LogP contribution in [0.5, 0.6) is 5.88 Å². The molecular weight excluding hydrogens is 361 g/mol. The van der Waals surface area contributed by atoms with Crippen molar-refractivity contribution in [1.29, 1.82) is 0 Å². The molecule has 1 atom stereocenters. The number of carbonyl (C=O) groups excluding carboxylic acids is 1. The molecule has 0 fully saturated rings. The summed E-state index contributed by atoms with van der Waals surface area (Å²) in [5, 5.41) is 0. The highest BCUT2D eigenvalue weighted by molar-refractivity contribution is 6.00. The lowest BCUT2D eigenvalue weighted by Gasteiger charge is -2.26. The Morgan fingerprint density at radius 2 is 2.00 bits per heavy atom. The van der Waals surface area contributed by atoms with Crippen molar-refractivity contribution in [1.82, 2.24) is 19.9 Å². The zero-order valence-electron chi connectivity index (χ0n) is 15.4. The fraction of sp³-hybridized carbons (Fsp3) is 0.250.